The van der Waals surface area contributed by atoms with Gasteiger partial charge in [0.05, 0.1) is 5.75 Å². The standard InChI is InChI=1S/C17H16ClNO4S/c18-24(21,22)10-16(19)17(20)23-9-15-13-7-3-1-5-11(13)12-6-2-4-8-14(12)15/h1-8,15-16H,9-10,19H2. The lowest BCUT2D eigenvalue weighted by Crippen LogP contribution is -2.38. The molecule has 7 heteroatoms. The molecule has 1 aliphatic carbocycles. The van der Waals surface area contributed by atoms with Crippen LogP contribution in [0.3, 0.4) is 0 Å². The maximum atomic E-state index is 11.9. The highest BCUT2D eigenvalue weighted by Gasteiger charge is 2.30. The predicted octanol–water partition coefficient (Wildman–Crippen LogP) is 2.24. The molecule has 2 aromatic rings. The number of halogens is 1. The average molecular weight is 366 g/mol. The molecule has 1 atom stereocenters. The van der Waals surface area contributed by atoms with Crippen LogP contribution >= 0.6 is 10.7 Å². The van der Waals surface area contributed by atoms with E-state index in [0.29, 0.717) is 0 Å². The van der Waals surface area contributed by atoms with Crippen LogP contribution in [-0.2, 0) is 18.6 Å². The second-order valence-electron chi connectivity index (χ2n) is 5.67. The Bertz CT molecular complexity index is 836. The Morgan fingerprint density at radius 1 is 1.08 bits per heavy atom. The van der Waals surface area contributed by atoms with Crippen molar-refractivity contribution in [2.45, 2.75) is 12.0 Å². The number of carbonyl (C=O) groups is 1. The van der Waals surface area contributed by atoms with Crippen molar-refractivity contribution in [1.29, 1.82) is 0 Å². The van der Waals surface area contributed by atoms with Gasteiger partial charge in [-0.3, -0.25) is 4.79 Å². The minimum absolute atomic E-state index is 0.0961. The minimum Gasteiger partial charge on any atom is -0.463 e. The topological polar surface area (TPSA) is 86.5 Å². The van der Waals surface area contributed by atoms with Gasteiger partial charge in [0.1, 0.15) is 12.6 Å². The maximum absolute atomic E-state index is 11.9. The number of hydrogen-bond donors (Lipinski definition) is 1. The minimum atomic E-state index is -3.86. The summed E-state index contributed by atoms with van der Waals surface area (Å²) >= 11 is 0. The van der Waals surface area contributed by atoms with Crippen molar-refractivity contribution < 1.29 is 17.9 Å². The number of nitrogens with two attached hydrogens (primary N) is 1. The zero-order chi connectivity index (χ0) is 17.3. The Hall–Kier alpha value is -1.89. The Morgan fingerprint density at radius 2 is 1.58 bits per heavy atom. The molecule has 0 aliphatic heterocycles. The van der Waals surface area contributed by atoms with E-state index in [2.05, 4.69) is 0 Å². The molecule has 0 spiro atoms. The largest absolute Gasteiger partial charge is 0.463 e. The molecular formula is C17H16ClNO4S. The summed E-state index contributed by atoms with van der Waals surface area (Å²) in [7, 11) is 1.26. The highest BCUT2D eigenvalue weighted by Crippen LogP contribution is 2.44. The van der Waals surface area contributed by atoms with Crippen molar-refractivity contribution in [3.63, 3.8) is 0 Å². The summed E-state index contributed by atoms with van der Waals surface area (Å²) in [5, 5.41) is 0. The van der Waals surface area contributed by atoms with Gasteiger partial charge in [0.25, 0.3) is 0 Å². The molecule has 0 bridgehead atoms. The fourth-order valence-electron chi connectivity index (χ4n) is 2.99. The molecule has 2 N–H and O–H groups in total. The van der Waals surface area contributed by atoms with E-state index < -0.39 is 26.8 Å². The molecule has 0 heterocycles. The van der Waals surface area contributed by atoms with Crippen molar-refractivity contribution in [2.75, 3.05) is 12.4 Å². The smallest absolute Gasteiger partial charge is 0.324 e. The van der Waals surface area contributed by atoms with Gasteiger partial charge in [-0.15, -0.1) is 0 Å². The fourth-order valence-corrected chi connectivity index (χ4v) is 3.97. The third-order valence-electron chi connectivity index (χ3n) is 4.04. The van der Waals surface area contributed by atoms with E-state index in [0.717, 1.165) is 22.3 Å². The summed E-state index contributed by atoms with van der Waals surface area (Å²) in [6, 6.07) is 14.6. The molecule has 24 heavy (non-hydrogen) atoms. The Labute approximate surface area is 144 Å². The quantitative estimate of drug-likeness (QED) is 0.648. The fraction of sp³-hybridized carbons (Fsp3) is 0.235. The van der Waals surface area contributed by atoms with E-state index in [4.69, 9.17) is 21.2 Å². The van der Waals surface area contributed by atoms with Crippen LogP contribution in [-0.4, -0.2) is 32.8 Å². The van der Waals surface area contributed by atoms with E-state index in [9.17, 15) is 13.2 Å². The summed E-state index contributed by atoms with van der Waals surface area (Å²) in [5.41, 5.74) is 9.91. The zero-order valence-electron chi connectivity index (χ0n) is 12.7. The van der Waals surface area contributed by atoms with E-state index in [1.807, 2.05) is 48.5 Å². The van der Waals surface area contributed by atoms with Gasteiger partial charge in [0.2, 0.25) is 9.05 Å². The van der Waals surface area contributed by atoms with Crippen LogP contribution in [0.1, 0.15) is 17.0 Å². The number of carbonyl (C=O) groups excluding carboxylic acids is 1. The van der Waals surface area contributed by atoms with Crippen LogP contribution in [0, 0.1) is 0 Å². The molecule has 1 aliphatic rings. The molecule has 126 valence electrons. The van der Waals surface area contributed by atoms with Crippen molar-refractivity contribution in [3.05, 3.63) is 59.7 Å². The van der Waals surface area contributed by atoms with Crippen LogP contribution < -0.4 is 5.73 Å². The van der Waals surface area contributed by atoms with Crippen LogP contribution in [0.15, 0.2) is 48.5 Å². The van der Waals surface area contributed by atoms with Gasteiger partial charge in [-0.05, 0) is 22.3 Å². The van der Waals surface area contributed by atoms with E-state index >= 15 is 0 Å². The molecule has 5 nitrogen and oxygen atoms in total. The maximum Gasteiger partial charge on any atom is 0.324 e. The number of ether oxygens (including phenoxy) is 1. The van der Waals surface area contributed by atoms with Crippen molar-refractivity contribution in [1.82, 2.24) is 0 Å². The molecule has 1 unspecified atom stereocenters. The van der Waals surface area contributed by atoms with E-state index in [1.165, 1.54) is 0 Å². The van der Waals surface area contributed by atoms with Gasteiger partial charge < -0.3 is 10.5 Å². The number of rotatable bonds is 5. The molecule has 0 amide bonds. The van der Waals surface area contributed by atoms with Crippen LogP contribution in [0.4, 0.5) is 0 Å². The highest BCUT2D eigenvalue weighted by atomic mass is 35.7. The van der Waals surface area contributed by atoms with Crippen LogP contribution in [0.2, 0.25) is 0 Å². The lowest BCUT2D eigenvalue weighted by molar-refractivity contribution is -0.144. The first-order valence-electron chi connectivity index (χ1n) is 7.39. The zero-order valence-corrected chi connectivity index (χ0v) is 14.3. The Balaban J connectivity index is 1.77. The van der Waals surface area contributed by atoms with Crippen molar-refractivity contribution in [3.8, 4) is 11.1 Å². The summed E-state index contributed by atoms with van der Waals surface area (Å²) in [5.74, 6) is -1.52. The average Bonchev–Trinajstić information content (AvgIpc) is 2.85. The molecule has 2 aromatic carbocycles. The summed E-state index contributed by atoms with van der Waals surface area (Å²) < 4.78 is 27.3. The summed E-state index contributed by atoms with van der Waals surface area (Å²) in [6.45, 7) is 0.100. The first-order valence-corrected chi connectivity index (χ1v) is 9.87. The summed E-state index contributed by atoms with van der Waals surface area (Å²) in [4.78, 5) is 11.9. The summed E-state index contributed by atoms with van der Waals surface area (Å²) in [6.07, 6.45) is 0. The van der Waals surface area contributed by atoms with Gasteiger partial charge in [-0.1, -0.05) is 48.5 Å². The van der Waals surface area contributed by atoms with Crippen molar-refractivity contribution in [2.24, 2.45) is 5.73 Å². The molecule has 0 radical (unpaired) electrons. The van der Waals surface area contributed by atoms with Crippen LogP contribution in [0.5, 0.6) is 0 Å². The normalized spacial score (nSPS) is 14.8. The third-order valence-corrected chi connectivity index (χ3v) is 5.17. The first-order chi connectivity index (χ1) is 11.4. The van der Waals surface area contributed by atoms with Gasteiger partial charge in [-0.25, -0.2) is 8.42 Å². The van der Waals surface area contributed by atoms with Gasteiger partial charge in [0, 0.05) is 16.6 Å². The lowest BCUT2D eigenvalue weighted by atomic mass is 9.98. The first kappa shape index (κ1) is 17.0. The molecule has 0 saturated heterocycles. The van der Waals surface area contributed by atoms with Gasteiger partial charge in [0.15, 0.2) is 0 Å². The van der Waals surface area contributed by atoms with Crippen LogP contribution in [0.25, 0.3) is 11.1 Å². The third kappa shape index (κ3) is 3.45. The highest BCUT2D eigenvalue weighted by molar-refractivity contribution is 8.13. The number of esters is 1. The Morgan fingerprint density at radius 3 is 2.08 bits per heavy atom. The van der Waals surface area contributed by atoms with E-state index in [1.54, 1.807) is 0 Å². The second-order valence-corrected chi connectivity index (χ2v) is 8.49. The molecule has 0 fully saturated rings. The number of hydrogen-bond acceptors (Lipinski definition) is 5. The SMILES string of the molecule is NC(CS(=O)(=O)Cl)C(=O)OCC1c2ccccc2-c2ccccc21. The van der Waals surface area contributed by atoms with Gasteiger partial charge in [-0.2, -0.15) is 0 Å². The van der Waals surface area contributed by atoms with E-state index in [-0.39, 0.29) is 12.5 Å². The predicted molar refractivity (Wildman–Crippen MR) is 92.3 cm³/mol. The lowest BCUT2D eigenvalue weighted by Gasteiger charge is -2.16. The van der Waals surface area contributed by atoms with Crippen molar-refractivity contribution >= 4 is 25.7 Å². The number of fused-ring (bicyclic) bond motifs is 3. The second kappa shape index (κ2) is 6.55. The molecule has 0 saturated carbocycles. The molecule has 3 rings (SSSR count). The monoisotopic (exact) mass is 365 g/mol. The molecular weight excluding hydrogens is 350 g/mol. The number of benzene rings is 2. The molecule has 0 aromatic heterocycles. The Kier molecular flexibility index (Phi) is 4.62. The van der Waals surface area contributed by atoms with Gasteiger partial charge >= 0.3 is 5.97 Å².